The zero-order valence-corrected chi connectivity index (χ0v) is 11.3. The predicted octanol–water partition coefficient (Wildman–Crippen LogP) is 4.15. The van der Waals surface area contributed by atoms with Crippen LogP contribution in [0.5, 0.6) is 0 Å². The number of benzene rings is 2. The summed E-state index contributed by atoms with van der Waals surface area (Å²) < 4.78 is 14.5. The first-order valence-electron chi connectivity index (χ1n) is 5.40. The van der Waals surface area contributed by atoms with Crippen molar-refractivity contribution >= 4 is 27.5 Å². The van der Waals surface area contributed by atoms with Gasteiger partial charge in [0, 0.05) is 10.0 Å². The van der Waals surface area contributed by atoms with E-state index in [0.717, 1.165) is 4.47 Å². The van der Waals surface area contributed by atoms with Gasteiger partial charge < -0.3 is 5.32 Å². The smallest absolute Gasteiger partial charge is 0.255 e. The molecule has 92 valence electrons. The monoisotopic (exact) mass is 307 g/mol. The third-order valence-electron chi connectivity index (χ3n) is 2.57. The highest BCUT2D eigenvalue weighted by Crippen LogP contribution is 2.20. The maximum Gasteiger partial charge on any atom is 0.255 e. The van der Waals surface area contributed by atoms with E-state index < -0.39 is 5.82 Å². The lowest BCUT2D eigenvalue weighted by molar-refractivity contribution is 0.102. The van der Waals surface area contributed by atoms with Crippen LogP contribution in [0.15, 0.2) is 46.9 Å². The molecule has 0 saturated heterocycles. The van der Waals surface area contributed by atoms with E-state index in [1.165, 1.54) is 6.07 Å². The average molecular weight is 308 g/mol. The maximum absolute atomic E-state index is 13.6. The van der Waals surface area contributed by atoms with Gasteiger partial charge in [-0.3, -0.25) is 4.79 Å². The quantitative estimate of drug-likeness (QED) is 0.887. The molecule has 0 bridgehead atoms. The Bertz CT molecular complexity index is 561. The van der Waals surface area contributed by atoms with Crippen LogP contribution in [-0.4, -0.2) is 5.91 Å². The van der Waals surface area contributed by atoms with Gasteiger partial charge in [0.1, 0.15) is 5.82 Å². The molecule has 0 heterocycles. The summed E-state index contributed by atoms with van der Waals surface area (Å²) in [6, 6.07) is 11.6. The van der Waals surface area contributed by atoms with E-state index >= 15 is 0 Å². The Morgan fingerprint density at radius 1 is 1.17 bits per heavy atom. The minimum Gasteiger partial charge on any atom is -0.319 e. The number of halogens is 2. The third kappa shape index (κ3) is 2.76. The number of hydrogen-bond donors (Lipinski definition) is 1. The van der Waals surface area contributed by atoms with Crippen molar-refractivity contribution in [3.8, 4) is 0 Å². The van der Waals surface area contributed by atoms with Crippen molar-refractivity contribution in [2.75, 3.05) is 5.32 Å². The first-order valence-corrected chi connectivity index (χ1v) is 6.19. The van der Waals surface area contributed by atoms with Crippen LogP contribution in [-0.2, 0) is 0 Å². The molecule has 1 N–H and O–H groups in total. The number of hydrogen-bond acceptors (Lipinski definition) is 1. The van der Waals surface area contributed by atoms with Gasteiger partial charge in [-0.15, -0.1) is 0 Å². The molecule has 18 heavy (non-hydrogen) atoms. The lowest BCUT2D eigenvalue weighted by Gasteiger charge is -2.09. The Morgan fingerprint density at radius 3 is 2.44 bits per heavy atom. The second-order valence-electron chi connectivity index (χ2n) is 3.89. The predicted molar refractivity (Wildman–Crippen MR) is 73.2 cm³/mol. The molecule has 0 unspecified atom stereocenters. The zero-order valence-electron chi connectivity index (χ0n) is 9.71. The largest absolute Gasteiger partial charge is 0.319 e. The molecule has 0 aliphatic heterocycles. The molecule has 0 radical (unpaired) electrons. The van der Waals surface area contributed by atoms with Crippen LogP contribution in [0.25, 0.3) is 0 Å². The Hall–Kier alpha value is -1.68. The SMILES string of the molecule is Cc1cccc(F)c1NC(=O)c1ccc(Br)cc1. The molecule has 0 aliphatic rings. The van der Waals surface area contributed by atoms with Crippen molar-refractivity contribution in [2.24, 2.45) is 0 Å². The van der Waals surface area contributed by atoms with Gasteiger partial charge in [0.15, 0.2) is 0 Å². The van der Waals surface area contributed by atoms with Gasteiger partial charge in [0.25, 0.3) is 5.91 Å². The van der Waals surface area contributed by atoms with Crippen molar-refractivity contribution in [3.05, 3.63) is 63.9 Å². The van der Waals surface area contributed by atoms with Crippen LogP contribution in [0.1, 0.15) is 15.9 Å². The summed E-state index contributed by atoms with van der Waals surface area (Å²) in [4.78, 5) is 11.9. The Morgan fingerprint density at radius 2 is 1.83 bits per heavy atom. The highest BCUT2D eigenvalue weighted by molar-refractivity contribution is 9.10. The van der Waals surface area contributed by atoms with Crippen LogP contribution in [0.4, 0.5) is 10.1 Å². The molecule has 2 rings (SSSR count). The summed E-state index contributed by atoms with van der Waals surface area (Å²) in [6.45, 7) is 1.75. The van der Waals surface area contributed by atoms with Crippen molar-refractivity contribution in [1.82, 2.24) is 0 Å². The molecule has 0 aromatic heterocycles. The van der Waals surface area contributed by atoms with E-state index in [-0.39, 0.29) is 11.6 Å². The van der Waals surface area contributed by atoms with E-state index in [9.17, 15) is 9.18 Å². The Kier molecular flexibility index (Phi) is 3.77. The number of anilines is 1. The minimum absolute atomic E-state index is 0.227. The van der Waals surface area contributed by atoms with E-state index in [4.69, 9.17) is 0 Å². The summed E-state index contributed by atoms with van der Waals surface area (Å²) in [7, 11) is 0. The van der Waals surface area contributed by atoms with Gasteiger partial charge in [0.05, 0.1) is 5.69 Å². The van der Waals surface area contributed by atoms with Gasteiger partial charge in [-0.25, -0.2) is 4.39 Å². The van der Waals surface area contributed by atoms with E-state index in [0.29, 0.717) is 11.1 Å². The van der Waals surface area contributed by atoms with Crippen LogP contribution in [0, 0.1) is 12.7 Å². The third-order valence-corrected chi connectivity index (χ3v) is 3.10. The maximum atomic E-state index is 13.6. The Balaban J connectivity index is 2.24. The summed E-state index contributed by atoms with van der Waals surface area (Å²) >= 11 is 3.29. The van der Waals surface area contributed by atoms with Crippen LogP contribution >= 0.6 is 15.9 Å². The fourth-order valence-electron chi connectivity index (χ4n) is 1.58. The molecule has 1 amide bonds. The number of aryl methyl sites for hydroxylation is 1. The number of amides is 1. The standard InChI is InChI=1S/C14H11BrFNO/c1-9-3-2-4-12(16)13(9)17-14(18)10-5-7-11(15)8-6-10/h2-8H,1H3,(H,17,18). The summed E-state index contributed by atoms with van der Waals surface area (Å²) in [5, 5.41) is 2.58. The van der Waals surface area contributed by atoms with Gasteiger partial charge in [-0.1, -0.05) is 28.1 Å². The summed E-state index contributed by atoms with van der Waals surface area (Å²) in [6.07, 6.45) is 0. The Labute approximate surface area is 113 Å². The van der Waals surface area contributed by atoms with Crippen molar-refractivity contribution in [1.29, 1.82) is 0 Å². The van der Waals surface area contributed by atoms with Crippen molar-refractivity contribution in [3.63, 3.8) is 0 Å². The summed E-state index contributed by atoms with van der Waals surface area (Å²) in [5.41, 5.74) is 1.41. The molecule has 0 spiro atoms. The molecule has 2 aromatic carbocycles. The second kappa shape index (κ2) is 5.31. The number of carbonyl (C=O) groups is 1. The van der Waals surface area contributed by atoms with Gasteiger partial charge in [0.2, 0.25) is 0 Å². The van der Waals surface area contributed by atoms with E-state index in [1.807, 2.05) is 0 Å². The van der Waals surface area contributed by atoms with Crippen molar-refractivity contribution in [2.45, 2.75) is 6.92 Å². The molecule has 4 heteroatoms. The van der Waals surface area contributed by atoms with E-state index in [2.05, 4.69) is 21.2 Å². The minimum atomic E-state index is -0.430. The van der Waals surface area contributed by atoms with Crippen LogP contribution in [0.3, 0.4) is 0 Å². The first kappa shape index (κ1) is 12.8. The lowest BCUT2D eigenvalue weighted by Crippen LogP contribution is -2.13. The molecule has 0 atom stereocenters. The van der Waals surface area contributed by atoms with Gasteiger partial charge >= 0.3 is 0 Å². The van der Waals surface area contributed by atoms with E-state index in [1.54, 1.807) is 43.3 Å². The lowest BCUT2D eigenvalue weighted by atomic mass is 10.1. The summed E-state index contributed by atoms with van der Waals surface area (Å²) in [5.74, 6) is -0.754. The number of nitrogens with one attached hydrogen (secondary N) is 1. The molecule has 2 aromatic rings. The topological polar surface area (TPSA) is 29.1 Å². The zero-order chi connectivity index (χ0) is 13.1. The fraction of sp³-hybridized carbons (Fsp3) is 0.0714. The highest BCUT2D eigenvalue weighted by Gasteiger charge is 2.10. The van der Waals surface area contributed by atoms with Crippen LogP contribution in [0.2, 0.25) is 0 Å². The molecule has 2 nitrogen and oxygen atoms in total. The molecular weight excluding hydrogens is 297 g/mol. The molecule has 0 saturated carbocycles. The normalized spacial score (nSPS) is 10.2. The molecule has 0 aliphatic carbocycles. The number of carbonyl (C=O) groups excluding carboxylic acids is 1. The number of rotatable bonds is 2. The van der Waals surface area contributed by atoms with Crippen LogP contribution < -0.4 is 5.32 Å². The second-order valence-corrected chi connectivity index (χ2v) is 4.81. The first-order chi connectivity index (χ1) is 8.58. The average Bonchev–Trinajstić information content (AvgIpc) is 2.34. The van der Waals surface area contributed by atoms with Gasteiger partial charge in [-0.05, 0) is 42.8 Å². The van der Waals surface area contributed by atoms with Crippen molar-refractivity contribution < 1.29 is 9.18 Å². The van der Waals surface area contributed by atoms with Gasteiger partial charge in [-0.2, -0.15) is 0 Å². The molecular formula is C14H11BrFNO. The fourth-order valence-corrected chi connectivity index (χ4v) is 1.84. The highest BCUT2D eigenvalue weighted by atomic mass is 79.9. The molecule has 0 fully saturated rings. The number of para-hydroxylation sites is 1.